The minimum atomic E-state index is -0.0229. The van der Waals surface area contributed by atoms with E-state index < -0.39 is 0 Å². The highest BCUT2D eigenvalue weighted by atomic mass is 32.1. The highest BCUT2D eigenvalue weighted by Crippen LogP contribution is 2.41. The Bertz CT molecular complexity index is 841. The molecular formula is C17H15NO2S2. The van der Waals surface area contributed by atoms with Crippen molar-refractivity contribution in [2.45, 2.75) is 26.3 Å². The highest BCUT2D eigenvalue weighted by Gasteiger charge is 2.22. The molecule has 1 amide bonds. The third-order valence-electron chi connectivity index (χ3n) is 3.86. The standard InChI is InChI=1S/C17H15NO2S2/c1-10-2-4-12(20-10)9-18-17(19)15-8-11-3-5-14-13(6-7-21-14)16(11)22-15/h2,4,6-8H,3,5,9H2,1H3,(H,18,19). The van der Waals surface area contributed by atoms with Crippen LogP contribution in [-0.4, -0.2) is 5.91 Å². The Hall–Kier alpha value is -1.85. The fraction of sp³-hybridized carbons (Fsp3) is 0.235. The molecular weight excluding hydrogens is 314 g/mol. The second-order valence-electron chi connectivity index (χ2n) is 5.42. The molecule has 4 rings (SSSR count). The van der Waals surface area contributed by atoms with Gasteiger partial charge in [-0.3, -0.25) is 4.79 Å². The molecule has 0 spiro atoms. The maximum Gasteiger partial charge on any atom is 0.261 e. The van der Waals surface area contributed by atoms with Gasteiger partial charge < -0.3 is 9.73 Å². The van der Waals surface area contributed by atoms with Crippen molar-refractivity contribution in [3.05, 3.63) is 56.5 Å². The van der Waals surface area contributed by atoms with Crippen LogP contribution in [0.15, 0.2) is 34.1 Å². The van der Waals surface area contributed by atoms with Gasteiger partial charge in [-0.1, -0.05) is 0 Å². The van der Waals surface area contributed by atoms with E-state index in [1.807, 2.05) is 36.5 Å². The van der Waals surface area contributed by atoms with E-state index in [2.05, 4.69) is 16.8 Å². The fourth-order valence-electron chi connectivity index (χ4n) is 2.77. The Morgan fingerprint density at radius 2 is 2.23 bits per heavy atom. The number of nitrogens with one attached hydrogen (secondary N) is 1. The van der Waals surface area contributed by atoms with E-state index in [4.69, 9.17) is 4.42 Å². The monoisotopic (exact) mass is 329 g/mol. The summed E-state index contributed by atoms with van der Waals surface area (Å²) in [7, 11) is 0. The van der Waals surface area contributed by atoms with Crippen LogP contribution in [0.2, 0.25) is 0 Å². The molecule has 0 aliphatic heterocycles. The molecule has 22 heavy (non-hydrogen) atoms. The predicted octanol–water partition coefficient (Wildman–Crippen LogP) is 4.41. The summed E-state index contributed by atoms with van der Waals surface area (Å²) in [5.41, 5.74) is 2.62. The average Bonchev–Trinajstić information content (AvgIpc) is 3.22. The van der Waals surface area contributed by atoms with Gasteiger partial charge in [0.2, 0.25) is 0 Å². The molecule has 3 aromatic heterocycles. The first-order chi connectivity index (χ1) is 10.7. The van der Waals surface area contributed by atoms with E-state index in [1.165, 1.54) is 20.9 Å². The second-order valence-corrected chi connectivity index (χ2v) is 7.47. The molecule has 1 N–H and O–H groups in total. The lowest BCUT2D eigenvalue weighted by atomic mass is 9.98. The molecule has 112 valence electrons. The summed E-state index contributed by atoms with van der Waals surface area (Å²) in [5.74, 6) is 1.62. The van der Waals surface area contributed by atoms with E-state index in [1.54, 1.807) is 11.3 Å². The maximum absolute atomic E-state index is 12.4. The Kier molecular flexibility index (Phi) is 3.39. The number of furan rings is 1. The Labute approximate surface area is 136 Å². The lowest BCUT2D eigenvalue weighted by molar-refractivity contribution is 0.0952. The van der Waals surface area contributed by atoms with E-state index in [0.717, 1.165) is 29.2 Å². The summed E-state index contributed by atoms with van der Waals surface area (Å²) in [6.07, 6.45) is 2.12. The number of fused-ring (bicyclic) bond motifs is 3. The average molecular weight is 329 g/mol. The first-order valence-electron chi connectivity index (χ1n) is 7.23. The van der Waals surface area contributed by atoms with Crippen molar-refractivity contribution in [2.24, 2.45) is 0 Å². The van der Waals surface area contributed by atoms with Gasteiger partial charge in [-0.15, -0.1) is 22.7 Å². The summed E-state index contributed by atoms with van der Waals surface area (Å²) >= 11 is 3.41. The second kappa shape index (κ2) is 5.41. The van der Waals surface area contributed by atoms with Crippen LogP contribution >= 0.6 is 22.7 Å². The number of hydrogen-bond acceptors (Lipinski definition) is 4. The van der Waals surface area contributed by atoms with Crippen LogP contribution in [0.3, 0.4) is 0 Å². The number of carbonyl (C=O) groups is 1. The zero-order valence-electron chi connectivity index (χ0n) is 12.1. The van der Waals surface area contributed by atoms with Crippen molar-refractivity contribution >= 4 is 28.6 Å². The fourth-order valence-corrected chi connectivity index (χ4v) is 4.90. The van der Waals surface area contributed by atoms with E-state index in [9.17, 15) is 4.79 Å². The van der Waals surface area contributed by atoms with Gasteiger partial charge in [0.05, 0.1) is 11.4 Å². The van der Waals surface area contributed by atoms with Gasteiger partial charge in [-0.2, -0.15) is 0 Å². The number of thiophene rings is 2. The first-order valence-corrected chi connectivity index (χ1v) is 8.93. The number of carbonyl (C=O) groups excluding carboxylic acids is 1. The summed E-state index contributed by atoms with van der Waals surface area (Å²) in [6, 6.07) is 8.02. The van der Waals surface area contributed by atoms with Crippen LogP contribution in [0.1, 0.15) is 31.6 Å². The number of hydrogen-bond donors (Lipinski definition) is 1. The molecule has 0 saturated carbocycles. The quantitative estimate of drug-likeness (QED) is 0.773. The molecule has 1 aliphatic rings. The molecule has 3 nitrogen and oxygen atoms in total. The van der Waals surface area contributed by atoms with Gasteiger partial charge in [-0.25, -0.2) is 0 Å². The van der Waals surface area contributed by atoms with Crippen molar-refractivity contribution in [2.75, 3.05) is 0 Å². The zero-order chi connectivity index (χ0) is 15.1. The lowest BCUT2D eigenvalue weighted by Crippen LogP contribution is -2.21. The Balaban J connectivity index is 1.53. The molecule has 5 heteroatoms. The van der Waals surface area contributed by atoms with Crippen molar-refractivity contribution in [1.82, 2.24) is 5.32 Å². The van der Waals surface area contributed by atoms with Crippen LogP contribution in [0.25, 0.3) is 10.4 Å². The minimum absolute atomic E-state index is 0.0229. The number of amides is 1. The van der Waals surface area contributed by atoms with Crippen molar-refractivity contribution < 1.29 is 9.21 Å². The molecule has 3 heterocycles. The summed E-state index contributed by atoms with van der Waals surface area (Å²) < 4.78 is 5.48. The Morgan fingerprint density at radius 1 is 1.32 bits per heavy atom. The lowest BCUT2D eigenvalue weighted by Gasteiger charge is -2.10. The van der Waals surface area contributed by atoms with Crippen LogP contribution in [-0.2, 0) is 19.4 Å². The summed E-state index contributed by atoms with van der Waals surface area (Å²) in [6.45, 7) is 2.33. The van der Waals surface area contributed by atoms with E-state index in [-0.39, 0.29) is 5.91 Å². The first kappa shape index (κ1) is 13.8. The van der Waals surface area contributed by atoms with Crippen LogP contribution in [0.5, 0.6) is 0 Å². The molecule has 0 saturated heterocycles. The van der Waals surface area contributed by atoms with Gasteiger partial charge in [0.25, 0.3) is 5.91 Å². The third-order valence-corrected chi connectivity index (χ3v) is 6.05. The Morgan fingerprint density at radius 3 is 3.05 bits per heavy atom. The van der Waals surface area contributed by atoms with Crippen molar-refractivity contribution in [1.29, 1.82) is 0 Å². The predicted molar refractivity (Wildman–Crippen MR) is 89.7 cm³/mol. The molecule has 0 aromatic carbocycles. The SMILES string of the molecule is Cc1ccc(CNC(=O)c2cc3c(s2)-c2ccsc2CC3)o1. The van der Waals surface area contributed by atoms with Crippen LogP contribution < -0.4 is 5.32 Å². The molecule has 0 bridgehead atoms. The molecule has 1 aliphatic carbocycles. The molecule has 0 atom stereocenters. The maximum atomic E-state index is 12.4. The van der Waals surface area contributed by atoms with Gasteiger partial charge in [0, 0.05) is 15.3 Å². The van der Waals surface area contributed by atoms with Crippen LogP contribution in [0, 0.1) is 6.92 Å². The smallest absolute Gasteiger partial charge is 0.261 e. The van der Waals surface area contributed by atoms with E-state index in [0.29, 0.717) is 6.54 Å². The summed E-state index contributed by atoms with van der Waals surface area (Å²) in [5, 5.41) is 5.07. The third kappa shape index (κ3) is 2.40. The molecule has 3 aromatic rings. The zero-order valence-corrected chi connectivity index (χ0v) is 13.8. The molecule has 0 unspecified atom stereocenters. The highest BCUT2D eigenvalue weighted by molar-refractivity contribution is 7.18. The van der Waals surface area contributed by atoms with Crippen molar-refractivity contribution in [3.63, 3.8) is 0 Å². The molecule has 0 fully saturated rings. The van der Waals surface area contributed by atoms with Crippen molar-refractivity contribution in [3.8, 4) is 10.4 Å². The van der Waals surface area contributed by atoms with Gasteiger partial charge in [0.1, 0.15) is 11.5 Å². The number of rotatable bonds is 3. The largest absolute Gasteiger partial charge is 0.465 e. The van der Waals surface area contributed by atoms with Gasteiger partial charge in [-0.05, 0) is 55.0 Å². The van der Waals surface area contributed by atoms with Gasteiger partial charge in [0.15, 0.2) is 0 Å². The number of aryl methyl sites for hydroxylation is 3. The van der Waals surface area contributed by atoms with E-state index >= 15 is 0 Å². The van der Waals surface area contributed by atoms with Crippen LogP contribution in [0.4, 0.5) is 0 Å². The van der Waals surface area contributed by atoms with Gasteiger partial charge >= 0.3 is 0 Å². The topological polar surface area (TPSA) is 42.2 Å². The molecule has 0 radical (unpaired) electrons. The minimum Gasteiger partial charge on any atom is -0.465 e. The normalized spacial score (nSPS) is 12.8. The summed E-state index contributed by atoms with van der Waals surface area (Å²) in [4.78, 5) is 15.8.